The Balaban J connectivity index is 3.70. The van der Waals surface area contributed by atoms with Gasteiger partial charge in [0.15, 0.2) is 0 Å². The summed E-state index contributed by atoms with van der Waals surface area (Å²) >= 11 is 0. The molecule has 0 aromatic heterocycles. The molecule has 0 aromatic rings. The quantitative estimate of drug-likeness (QED) is 0.406. The summed E-state index contributed by atoms with van der Waals surface area (Å²) in [5.41, 5.74) is 0.577. The molecule has 0 N–H and O–H groups in total. The van der Waals surface area contributed by atoms with Crippen molar-refractivity contribution in [1.29, 1.82) is 0 Å². The highest BCUT2D eigenvalue weighted by Crippen LogP contribution is 1.93. The van der Waals surface area contributed by atoms with Crippen LogP contribution in [-0.2, 0) is 0 Å². The van der Waals surface area contributed by atoms with Crippen LogP contribution >= 0.6 is 0 Å². The van der Waals surface area contributed by atoms with Crippen LogP contribution in [0.25, 0.3) is 0 Å². The Morgan fingerprint density at radius 3 is 2.67 bits per heavy atom. The van der Waals surface area contributed by atoms with Crippen LogP contribution in [0.5, 0.6) is 0 Å². The number of nitrogens with zero attached hydrogens (tertiary/aromatic N) is 2. The van der Waals surface area contributed by atoms with Gasteiger partial charge in [0.2, 0.25) is 0 Å². The van der Waals surface area contributed by atoms with E-state index in [4.69, 9.17) is 0 Å². The van der Waals surface area contributed by atoms with Gasteiger partial charge in [-0.25, -0.2) is 0 Å². The van der Waals surface area contributed by atoms with Crippen molar-refractivity contribution in [2.24, 2.45) is 10.2 Å². The Hall–Kier alpha value is -1.18. The summed E-state index contributed by atoms with van der Waals surface area (Å²) in [7, 11) is 0. The van der Waals surface area contributed by atoms with Gasteiger partial charge in [-0.05, 0) is 13.0 Å². The summed E-state index contributed by atoms with van der Waals surface area (Å²) in [4.78, 5) is 0. The van der Waals surface area contributed by atoms with Crippen LogP contribution in [-0.4, -0.2) is 0 Å². The molecule has 0 rings (SSSR count). The zero-order valence-corrected chi connectivity index (χ0v) is 5.54. The molecule has 0 atom stereocenters. The fourth-order valence-electron chi connectivity index (χ4n) is 0.215. The lowest BCUT2D eigenvalue weighted by molar-refractivity contribution is 1.17. The molecule has 0 saturated carbocycles. The summed E-state index contributed by atoms with van der Waals surface area (Å²) < 4.78 is 0. The topological polar surface area (TPSA) is 24.7 Å². The molecule has 0 aliphatic heterocycles. The largest absolute Gasteiger partial charge is 0.159 e. The van der Waals surface area contributed by atoms with Crippen molar-refractivity contribution in [3.63, 3.8) is 0 Å². The van der Waals surface area contributed by atoms with E-state index in [9.17, 15) is 0 Å². The predicted octanol–water partition coefficient (Wildman–Crippen LogP) is 2.67. The maximum absolute atomic E-state index is 3.66. The van der Waals surface area contributed by atoms with Gasteiger partial charge >= 0.3 is 0 Å². The van der Waals surface area contributed by atoms with Crippen molar-refractivity contribution < 1.29 is 0 Å². The molecule has 0 amide bonds. The first kappa shape index (κ1) is 7.82. The van der Waals surface area contributed by atoms with Gasteiger partial charge in [0, 0.05) is 6.20 Å². The number of hydrogen-bond donors (Lipinski definition) is 0. The second kappa shape index (κ2) is 4.97. The van der Waals surface area contributed by atoms with Crippen molar-refractivity contribution in [2.45, 2.75) is 6.92 Å². The van der Waals surface area contributed by atoms with Crippen molar-refractivity contribution in [3.8, 4) is 0 Å². The van der Waals surface area contributed by atoms with Crippen LogP contribution in [0.2, 0.25) is 0 Å². The Labute approximate surface area is 55.3 Å². The second-order valence-electron chi connectivity index (χ2n) is 1.39. The van der Waals surface area contributed by atoms with Crippen molar-refractivity contribution in [1.82, 2.24) is 0 Å². The van der Waals surface area contributed by atoms with E-state index in [1.165, 1.54) is 0 Å². The van der Waals surface area contributed by atoms with Crippen LogP contribution in [0, 0.1) is 0 Å². The third kappa shape index (κ3) is 4.68. The summed E-state index contributed by atoms with van der Waals surface area (Å²) in [5, 5.41) is 7.29. The molecule has 0 fully saturated rings. The van der Waals surface area contributed by atoms with E-state index in [2.05, 4.69) is 23.4 Å². The van der Waals surface area contributed by atoms with E-state index in [0.717, 1.165) is 0 Å². The average Bonchev–Trinajstić information content (AvgIpc) is 1.89. The van der Waals surface area contributed by atoms with Gasteiger partial charge in [0.05, 0.1) is 5.70 Å². The first-order valence-electron chi connectivity index (χ1n) is 2.64. The lowest BCUT2D eigenvalue weighted by Gasteiger charge is -1.80. The predicted molar refractivity (Wildman–Crippen MR) is 39.0 cm³/mol. The molecule has 48 valence electrons. The monoisotopic (exact) mass is 122 g/mol. The van der Waals surface area contributed by atoms with Crippen LogP contribution in [0.4, 0.5) is 0 Å². The van der Waals surface area contributed by atoms with Crippen molar-refractivity contribution in [3.05, 3.63) is 37.2 Å². The summed E-state index contributed by atoms with van der Waals surface area (Å²) in [6, 6.07) is 0. The van der Waals surface area contributed by atoms with E-state index in [0.29, 0.717) is 5.70 Å². The molecule has 2 nitrogen and oxygen atoms in total. The minimum Gasteiger partial charge on any atom is -0.159 e. The molecule has 0 heterocycles. The molecule has 2 heteroatoms. The molecular formula is C7H10N2. The molecule has 0 spiro atoms. The van der Waals surface area contributed by atoms with Crippen LogP contribution in [0.15, 0.2) is 47.4 Å². The molecule has 0 aromatic carbocycles. The normalized spacial score (nSPS) is 10.8. The van der Waals surface area contributed by atoms with E-state index < -0.39 is 0 Å². The lowest BCUT2D eigenvalue weighted by Crippen LogP contribution is -1.59. The van der Waals surface area contributed by atoms with E-state index in [-0.39, 0.29) is 0 Å². The second-order valence-corrected chi connectivity index (χ2v) is 1.39. The van der Waals surface area contributed by atoms with Gasteiger partial charge in [0.25, 0.3) is 0 Å². The van der Waals surface area contributed by atoms with Crippen molar-refractivity contribution >= 4 is 0 Å². The molecule has 0 saturated heterocycles. The van der Waals surface area contributed by atoms with E-state index in [1.54, 1.807) is 18.4 Å². The smallest absolute Gasteiger partial charge is 0.0779 e. The van der Waals surface area contributed by atoms with Gasteiger partial charge in [0.1, 0.15) is 0 Å². The molecule has 0 aliphatic rings. The van der Waals surface area contributed by atoms with Crippen LogP contribution in [0.3, 0.4) is 0 Å². The first-order chi connectivity index (χ1) is 4.31. The molecule has 0 radical (unpaired) electrons. The Bertz CT molecular complexity index is 154. The van der Waals surface area contributed by atoms with Crippen molar-refractivity contribution in [2.75, 3.05) is 0 Å². The summed E-state index contributed by atoms with van der Waals surface area (Å²) in [6.07, 6.45) is 4.93. The fraction of sp³-hybridized carbons (Fsp3) is 0.143. The SMILES string of the molecule is C=CC(=C)N=N/C=C/C. The summed E-state index contributed by atoms with van der Waals surface area (Å²) in [6.45, 7) is 8.87. The Kier molecular flexibility index (Phi) is 4.32. The van der Waals surface area contributed by atoms with Gasteiger partial charge in [-0.3, -0.25) is 0 Å². The first-order valence-corrected chi connectivity index (χ1v) is 2.64. The molecule has 0 aliphatic carbocycles. The number of rotatable bonds is 3. The maximum atomic E-state index is 3.66. The number of hydrogen-bond acceptors (Lipinski definition) is 2. The van der Waals surface area contributed by atoms with E-state index >= 15 is 0 Å². The fourth-order valence-corrected chi connectivity index (χ4v) is 0.215. The third-order valence-corrected chi connectivity index (χ3v) is 0.638. The minimum atomic E-state index is 0.577. The third-order valence-electron chi connectivity index (χ3n) is 0.638. The standard InChI is InChI=1S/C7H10N2/c1-4-6-8-9-7(3)5-2/h4-6H,2-3H2,1H3/b6-4+,9-8?. The van der Waals surface area contributed by atoms with Gasteiger partial charge in [-0.15, -0.1) is 0 Å². The molecule has 0 bridgehead atoms. The lowest BCUT2D eigenvalue weighted by atomic mass is 10.5. The van der Waals surface area contributed by atoms with Gasteiger partial charge < -0.3 is 0 Å². The molecular weight excluding hydrogens is 112 g/mol. The Morgan fingerprint density at radius 2 is 2.22 bits per heavy atom. The number of allylic oxidation sites excluding steroid dienone is 2. The Morgan fingerprint density at radius 1 is 1.56 bits per heavy atom. The average molecular weight is 122 g/mol. The highest BCUT2D eigenvalue weighted by atomic mass is 15.1. The highest BCUT2D eigenvalue weighted by Gasteiger charge is 1.73. The zero-order chi connectivity index (χ0) is 7.11. The minimum absolute atomic E-state index is 0.577. The zero-order valence-electron chi connectivity index (χ0n) is 5.54. The molecule has 9 heavy (non-hydrogen) atoms. The van der Waals surface area contributed by atoms with Gasteiger partial charge in [-0.2, -0.15) is 10.2 Å². The van der Waals surface area contributed by atoms with Gasteiger partial charge in [-0.1, -0.05) is 19.2 Å². The van der Waals surface area contributed by atoms with Crippen LogP contribution < -0.4 is 0 Å². The highest BCUT2D eigenvalue weighted by molar-refractivity contribution is 5.07. The van der Waals surface area contributed by atoms with E-state index in [1.807, 2.05) is 6.92 Å². The number of azo groups is 1. The maximum Gasteiger partial charge on any atom is 0.0779 e. The molecule has 0 unspecified atom stereocenters. The van der Waals surface area contributed by atoms with Crippen LogP contribution in [0.1, 0.15) is 6.92 Å². The summed E-state index contributed by atoms with van der Waals surface area (Å²) in [5.74, 6) is 0.